The molecule has 1 atom stereocenters. The Kier molecular flexibility index (Phi) is 8.08. The molecule has 1 aliphatic carbocycles. The smallest absolute Gasteiger partial charge is 0.00620 e. The van der Waals surface area contributed by atoms with Crippen LogP contribution in [0, 0.1) is 0 Å². The summed E-state index contributed by atoms with van der Waals surface area (Å²) >= 11 is 0. The maximum Gasteiger partial charge on any atom is 0.00620 e. The second kappa shape index (κ2) is 13.7. The molecular formula is C54H38. The molecule has 9 aromatic carbocycles. The summed E-state index contributed by atoms with van der Waals surface area (Å²) in [6.07, 6.45) is 8.04. The van der Waals surface area contributed by atoms with E-state index in [1.165, 1.54) is 93.5 Å². The van der Waals surface area contributed by atoms with Crippen molar-refractivity contribution in [1.82, 2.24) is 0 Å². The molecule has 0 spiro atoms. The molecule has 0 saturated heterocycles. The van der Waals surface area contributed by atoms with Gasteiger partial charge in [0.15, 0.2) is 0 Å². The fraction of sp³-hybridized carbons (Fsp3) is 0.0370. The number of allylic oxidation sites excluding steroid dienone is 4. The summed E-state index contributed by atoms with van der Waals surface area (Å²) in [6.45, 7) is 0. The van der Waals surface area contributed by atoms with Crippen molar-refractivity contribution in [3.8, 4) is 44.5 Å². The molecule has 0 fully saturated rings. The van der Waals surface area contributed by atoms with Crippen molar-refractivity contribution in [2.24, 2.45) is 0 Å². The van der Waals surface area contributed by atoms with Crippen LogP contribution >= 0.6 is 0 Å². The minimum atomic E-state index is 0.320. The van der Waals surface area contributed by atoms with Crippen molar-refractivity contribution in [2.45, 2.75) is 12.3 Å². The van der Waals surface area contributed by atoms with E-state index in [0.29, 0.717) is 5.92 Å². The molecule has 254 valence electrons. The molecule has 0 aromatic heterocycles. The standard InChI is InChI=1S/C54H38/c1-3-16-37(17-4-1)39-20-13-22-41(34-39)42-23-15-25-44(36-42)53-48-28-9-11-30-50(48)54(51-31-12-10-29-49(51)53)52-33-32-45(46-26-7-8-27-47(46)52)43-24-14-21-40(35-43)38-18-5-2-6-19-38/h1-21,23-36,41H,22H2. The highest BCUT2D eigenvalue weighted by Crippen LogP contribution is 2.47. The summed E-state index contributed by atoms with van der Waals surface area (Å²) in [5.41, 5.74) is 13.9. The molecule has 0 nitrogen and oxygen atoms in total. The Labute approximate surface area is 317 Å². The van der Waals surface area contributed by atoms with Gasteiger partial charge in [0.25, 0.3) is 0 Å². The van der Waals surface area contributed by atoms with Crippen LogP contribution in [-0.2, 0) is 0 Å². The highest BCUT2D eigenvalue weighted by atomic mass is 14.2. The van der Waals surface area contributed by atoms with Gasteiger partial charge in [0.1, 0.15) is 0 Å². The summed E-state index contributed by atoms with van der Waals surface area (Å²) in [6, 6.07) is 71.3. The van der Waals surface area contributed by atoms with E-state index >= 15 is 0 Å². The Morgan fingerprint density at radius 2 is 0.833 bits per heavy atom. The zero-order chi connectivity index (χ0) is 35.8. The largest absolute Gasteiger partial charge is 0.0830 e. The average Bonchev–Trinajstić information content (AvgIpc) is 3.26. The van der Waals surface area contributed by atoms with Crippen molar-refractivity contribution in [1.29, 1.82) is 0 Å². The van der Waals surface area contributed by atoms with Gasteiger partial charge in [-0.05, 0) is 106 Å². The van der Waals surface area contributed by atoms with Crippen molar-refractivity contribution in [2.75, 3.05) is 0 Å². The van der Waals surface area contributed by atoms with E-state index in [1.54, 1.807) is 0 Å². The van der Waals surface area contributed by atoms with E-state index in [1.807, 2.05) is 0 Å². The van der Waals surface area contributed by atoms with Crippen LogP contribution < -0.4 is 0 Å². The minimum Gasteiger partial charge on any atom is -0.0830 e. The summed E-state index contributed by atoms with van der Waals surface area (Å²) in [7, 11) is 0. The van der Waals surface area contributed by atoms with Crippen LogP contribution in [0.5, 0.6) is 0 Å². The van der Waals surface area contributed by atoms with Crippen molar-refractivity contribution in [3.05, 3.63) is 223 Å². The molecule has 9 aromatic rings. The highest BCUT2D eigenvalue weighted by molar-refractivity contribution is 6.24. The normalized spacial score (nSPS) is 14.1. The zero-order valence-corrected chi connectivity index (χ0v) is 30.0. The molecule has 0 saturated carbocycles. The summed E-state index contributed by atoms with van der Waals surface area (Å²) in [5, 5.41) is 7.61. The fourth-order valence-electron chi connectivity index (χ4n) is 8.66. The third-order valence-electron chi connectivity index (χ3n) is 11.2. The second-order valence-electron chi connectivity index (χ2n) is 14.4. The number of hydrogen-bond acceptors (Lipinski definition) is 0. The van der Waals surface area contributed by atoms with Gasteiger partial charge in [-0.3, -0.25) is 0 Å². The van der Waals surface area contributed by atoms with E-state index in [-0.39, 0.29) is 0 Å². The van der Waals surface area contributed by atoms with Crippen molar-refractivity contribution in [3.63, 3.8) is 0 Å². The first-order valence-corrected chi connectivity index (χ1v) is 19.0. The lowest BCUT2D eigenvalue weighted by Crippen LogP contribution is -2.00. The van der Waals surface area contributed by atoms with Gasteiger partial charge in [-0.2, -0.15) is 0 Å². The third-order valence-corrected chi connectivity index (χ3v) is 11.2. The highest BCUT2D eigenvalue weighted by Gasteiger charge is 2.20. The summed E-state index contributed by atoms with van der Waals surface area (Å²) in [4.78, 5) is 0. The molecule has 0 amide bonds. The maximum atomic E-state index is 2.44. The molecule has 10 rings (SSSR count). The fourth-order valence-corrected chi connectivity index (χ4v) is 8.66. The van der Waals surface area contributed by atoms with Gasteiger partial charge in [0.05, 0.1) is 0 Å². The quantitative estimate of drug-likeness (QED) is 0.153. The van der Waals surface area contributed by atoms with Gasteiger partial charge in [-0.1, -0.05) is 206 Å². The number of fused-ring (bicyclic) bond motifs is 3. The first-order chi connectivity index (χ1) is 26.8. The van der Waals surface area contributed by atoms with Crippen LogP contribution in [0.1, 0.15) is 23.5 Å². The van der Waals surface area contributed by atoms with Gasteiger partial charge in [0.2, 0.25) is 0 Å². The van der Waals surface area contributed by atoms with Gasteiger partial charge >= 0.3 is 0 Å². The molecule has 0 aliphatic heterocycles. The first-order valence-electron chi connectivity index (χ1n) is 19.0. The first kappa shape index (κ1) is 31.9. The predicted molar refractivity (Wildman–Crippen MR) is 232 cm³/mol. The topological polar surface area (TPSA) is 0 Å². The molecule has 54 heavy (non-hydrogen) atoms. The third kappa shape index (κ3) is 5.65. The van der Waals surface area contributed by atoms with E-state index in [4.69, 9.17) is 0 Å². The lowest BCUT2D eigenvalue weighted by atomic mass is 9.82. The van der Waals surface area contributed by atoms with E-state index in [9.17, 15) is 0 Å². The van der Waals surface area contributed by atoms with Gasteiger partial charge in [-0.25, -0.2) is 0 Å². The monoisotopic (exact) mass is 686 g/mol. The van der Waals surface area contributed by atoms with Crippen LogP contribution in [0.3, 0.4) is 0 Å². The van der Waals surface area contributed by atoms with Gasteiger partial charge < -0.3 is 0 Å². The number of rotatable bonds is 6. The van der Waals surface area contributed by atoms with Crippen LogP contribution in [0.15, 0.2) is 212 Å². The molecule has 0 N–H and O–H groups in total. The molecular weight excluding hydrogens is 649 g/mol. The van der Waals surface area contributed by atoms with Gasteiger partial charge in [-0.15, -0.1) is 0 Å². The van der Waals surface area contributed by atoms with Crippen molar-refractivity contribution >= 4 is 37.9 Å². The Hall–Kier alpha value is -6.76. The number of hydrogen-bond donors (Lipinski definition) is 0. The Morgan fingerprint density at radius 3 is 1.52 bits per heavy atom. The van der Waals surface area contributed by atoms with Crippen molar-refractivity contribution < 1.29 is 0 Å². The predicted octanol–water partition coefficient (Wildman–Crippen LogP) is 14.9. The van der Waals surface area contributed by atoms with Crippen LogP contribution in [-0.4, -0.2) is 0 Å². The van der Waals surface area contributed by atoms with Crippen LogP contribution in [0.4, 0.5) is 0 Å². The Balaban J connectivity index is 1.14. The lowest BCUT2D eigenvalue weighted by molar-refractivity contribution is 0.857. The van der Waals surface area contributed by atoms with E-state index in [2.05, 4.69) is 212 Å². The molecule has 1 unspecified atom stereocenters. The van der Waals surface area contributed by atoms with Crippen LogP contribution in [0.2, 0.25) is 0 Å². The minimum absolute atomic E-state index is 0.320. The SMILES string of the molecule is C1=CC(c2ccccc2)=CC(c2cccc(-c3c4ccccc4c(-c4ccc(-c5cccc(-c6ccccc6)c5)c5ccccc45)c4ccccc34)c2)C1. The van der Waals surface area contributed by atoms with Gasteiger partial charge in [0, 0.05) is 5.92 Å². The zero-order valence-electron chi connectivity index (χ0n) is 30.0. The molecule has 0 radical (unpaired) electrons. The average molecular weight is 687 g/mol. The van der Waals surface area contributed by atoms with Crippen LogP contribution in [0.25, 0.3) is 82.4 Å². The molecule has 0 heterocycles. The molecule has 1 aliphatic rings. The Bertz CT molecular complexity index is 2830. The molecule has 0 heteroatoms. The van der Waals surface area contributed by atoms with E-state index < -0.39 is 0 Å². The summed E-state index contributed by atoms with van der Waals surface area (Å²) < 4.78 is 0. The number of benzene rings is 9. The Morgan fingerprint density at radius 1 is 0.333 bits per heavy atom. The maximum absolute atomic E-state index is 2.44. The summed E-state index contributed by atoms with van der Waals surface area (Å²) in [5.74, 6) is 0.320. The lowest BCUT2D eigenvalue weighted by Gasteiger charge is -2.21. The second-order valence-corrected chi connectivity index (χ2v) is 14.4. The molecule has 0 bridgehead atoms. The van der Waals surface area contributed by atoms with E-state index in [0.717, 1.165) is 6.42 Å².